The second kappa shape index (κ2) is 5.71. The van der Waals surface area contributed by atoms with E-state index in [0.717, 1.165) is 0 Å². The number of carbonyl (C=O) groups is 2. The van der Waals surface area contributed by atoms with Crippen LogP contribution in [0.15, 0.2) is 12.3 Å². The smallest absolute Gasteiger partial charge is 0.213 e. The normalized spacial score (nSPS) is 11.5. The Labute approximate surface area is 93.4 Å². The summed E-state index contributed by atoms with van der Waals surface area (Å²) >= 11 is 0. The summed E-state index contributed by atoms with van der Waals surface area (Å²) in [4.78, 5) is 21.8. The highest BCUT2D eigenvalue weighted by atomic mass is 16.5. The zero-order chi connectivity index (χ0) is 12.0. The molecule has 1 heterocycles. The number of Topliss-reactive ketones (excluding diaryl/α,β-unsaturated/α-hetero) is 1. The maximum atomic E-state index is 11.0. The molecule has 1 rings (SSSR count). The van der Waals surface area contributed by atoms with Crippen LogP contribution in [0.5, 0.6) is 5.88 Å². The molecule has 1 unspecified atom stereocenters. The maximum Gasteiger partial charge on any atom is 0.213 e. The van der Waals surface area contributed by atoms with E-state index in [-0.39, 0.29) is 18.8 Å². The van der Waals surface area contributed by atoms with Gasteiger partial charge in [0, 0.05) is 12.5 Å². The first-order valence-corrected chi connectivity index (χ1v) is 4.73. The van der Waals surface area contributed by atoms with Crippen molar-refractivity contribution >= 4 is 12.1 Å². The van der Waals surface area contributed by atoms with E-state index >= 15 is 0 Å². The molecule has 5 nitrogen and oxygen atoms in total. The fraction of sp³-hybridized carbons (Fsp3) is 0.364. The van der Waals surface area contributed by atoms with Crippen molar-refractivity contribution in [1.29, 1.82) is 0 Å². The van der Waals surface area contributed by atoms with Crippen LogP contribution in [-0.2, 0) is 9.59 Å². The summed E-state index contributed by atoms with van der Waals surface area (Å²) in [5.41, 5.74) is 0. The van der Waals surface area contributed by atoms with Gasteiger partial charge in [0.1, 0.15) is 18.1 Å². The molecule has 16 heavy (non-hydrogen) atoms. The summed E-state index contributed by atoms with van der Waals surface area (Å²) in [6.45, 7) is 1.51. The lowest BCUT2D eigenvalue weighted by Crippen LogP contribution is -2.16. The third kappa shape index (κ3) is 2.95. The average Bonchev–Trinajstić information content (AvgIpc) is 2.70. The van der Waals surface area contributed by atoms with E-state index in [1.54, 1.807) is 6.07 Å². The molecular weight excluding hydrogens is 208 g/mol. The molecule has 5 heteroatoms. The second-order valence-corrected chi connectivity index (χ2v) is 3.22. The molecule has 84 valence electrons. The highest BCUT2D eigenvalue weighted by Gasteiger charge is 2.16. The van der Waals surface area contributed by atoms with Gasteiger partial charge in [-0.15, -0.1) is 6.42 Å². The van der Waals surface area contributed by atoms with Gasteiger partial charge in [-0.2, -0.15) is 5.10 Å². The predicted molar refractivity (Wildman–Crippen MR) is 57.0 cm³/mol. The van der Waals surface area contributed by atoms with Crippen LogP contribution >= 0.6 is 0 Å². The molecule has 0 N–H and O–H groups in total. The maximum absolute atomic E-state index is 11.0. The number of ether oxygens (including phenoxy) is 1. The van der Waals surface area contributed by atoms with Crippen LogP contribution < -0.4 is 4.74 Å². The summed E-state index contributed by atoms with van der Waals surface area (Å²) in [7, 11) is 0. The molecule has 0 radical (unpaired) electrons. The minimum absolute atomic E-state index is 0.0875. The van der Waals surface area contributed by atoms with E-state index in [1.807, 2.05) is 0 Å². The fourth-order valence-corrected chi connectivity index (χ4v) is 1.27. The van der Waals surface area contributed by atoms with Gasteiger partial charge in [-0.1, -0.05) is 5.92 Å². The van der Waals surface area contributed by atoms with Crippen LogP contribution in [0, 0.1) is 12.3 Å². The lowest BCUT2D eigenvalue weighted by atomic mass is 10.2. The summed E-state index contributed by atoms with van der Waals surface area (Å²) in [6.07, 6.45) is 7.30. The van der Waals surface area contributed by atoms with Gasteiger partial charge in [-0.05, 0) is 6.92 Å². The summed E-state index contributed by atoms with van der Waals surface area (Å²) < 4.78 is 6.54. The Morgan fingerprint density at radius 1 is 1.81 bits per heavy atom. The van der Waals surface area contributed by atoms with E-state index < -0.39 is 6.04 Å². The molecule has 0 bridgehead atoms. The number of aromatic nitrogens is 2. The van der Waals surface area contributed by atoms with E-state index in [9.17, 15) is 9.59 Å². The van der Waals surface area contributed by atoms with Crippen LogP contribution in [-0.4, -0.2) is 28.5 Å². The Morgan fingerprint density at radius 2 is 2.56 bits per heavy atom. The minimum Gasteiger partial charge on any atom is -0.465 e. The van der Waals surface area contributed by atoms with Crippen molar-refractivity contribution in [3.63, 3.8) is 0 Å². The van der Waals surface area contributed by atoms with Crippen LogP contribution in [0.25, 0.3) is 0 Å². The fourth-order valence-electron chi connectivity index (χ4n) is 1.27. The SMILES string of the molecule is C#CCOc1ccnn1C(C=O)CC(C)=O. The number of ketones is 1. The first-order chi connectivity index (χ1) is 7.69. The third-order valence-electron chi connectivity index (χ3n) is 1.91. The molecule has 0 fully saturated rings. The van der Waals surface area contributed by atoms with Gasteiger partial charge in [0.2, 0.25) is 5.88 Å². The number of nitrogens with zero attached hydrogens (tertiary/aromatic N) is 2. The molecule has 0 spiro atoms. The highest BCUT2D eigenvalue weighted by Crippen LogP contribution is 2.17. The zero-order valence-corrected chi connectivity index (χ0v) is 8.92. The number of aldehydes is 1. The van der Waals surface area contributed by atoms with E-state index in [2.05, 4.69) is 11.0 Å². The van der Waals surface area contributed by atoms with Gasteiger partial charge in [0.15, 0.2) is 6.61 Å². The Balaban J connectivity index is 2.84. The Kier molecular flexibility index (Phi) is 4.28. The molecule has 0 saturated heterocycles. The monoisotopic (exact) mass is 220 g/mol. The second-order valence-electron chi connectivity index (χ2n) is 3.22. The zero-order valence-electron chi connectivity index (χ0n) is 8.92. The minimum atomic E-state index is -0.639. The highest BCUT2D eigenvalue weighted by molar-refractivity contribution is 5.79. The average molecular weight is 220 g/mol. The van der Waals surface area contributed by atoms with E-state index in [4.69, 9.17) is 11.2 Å². The van der Waals surface area contributed by atoms with Crippen molar-refractivity contribution in [3.8, 4) is 18.2 Å². The molecule has 0 saturated carbocycles. The van der Waals surface area contributed by atoms with Gasteiger partial charge >= 0.3 is 0 Å². The Hall–Kier alpha value is -2.09. The van der Waals surface area contributed by atoms with Gasteiger partial charge < -0.3 is 9.53 Å². The van der Waals surface area contributed by atoms with E-state index in [0.29, 0.717) is 12.2 Å². The molecule has 0 aliphatic rings. The number of terminal acetylenes is 1. The molecule has 0 amide bonds. The van der Waals surface area contributed by atoms with E-state index in [1.165, 1.54) is 17.8 Å². The summed E-state index contributed by atoms with van der Waals surface area (Å²) in [5.74, 6) is 2.61. The number of rotatable bonds is 6. The predicted octanol–water partition coefficient (Wildman–Crippen LogP) is 0.614. The van der Waals surface area contributed by atoms with Gasteiger partial charge in [-0.25, -0.2) is 4.68 Å². The molecular formula is C11H12N2O3. The van der Waals surface area contributed by atoms with Crippen molar-refractivity contribution in [3.05, 3.63) is 12.3 Å². The number of hydrogen-bond donors (Lipinski definition) is 0. The van der Waals surface area contributed by atoms with Crippen molar-refractivity contribution < 1.29 is 14.3 Å². The molecule has 0 aromatic carbocycles. The van der Waals surface area contributed by atoms with Crippen LogP contribution in [0.4, 0.5) is 0 Å². The molecule has 1 aromatic heterocycles. The van der Waals surface area contributed by atoms with Gasteiger partial charge in [-0.3, -0.25) is 4.79 Å². The van der Waals surface area contributed by atoms with Gasteiger partial charge in [0.05, 0.1) is 6.20 Å². The van der Waals surface area contributed by atoms with Gasteiger partial charge in [0.25, 0.3) is 0 Å². The first kappa shape index (κ1) is 12.0. The third-order valence-corrected chi connectivity index (χ3v) is 1.91. The molecule has 1 aromatic rings. The van der Waals surface area contributed by atoms with Crippen molar-refractivity contribution in [2.24, 2.45) is 0 Å². The summed E-state index contributed by atoms with van der Waals surface area (Å²) in [5, 5.41) is 3.93. The van der Waals surface area contributed by atoms with Crippen LogP contribution in [0.1, 0.15) is 19.4 Å². The van der Waals surface area contributed by atoms with Crippen molar-refractivity contribution in [2.45, 2.75) is 19.4 Å². The van der Waals surface area contributed by atoms with Crippen molar-refractivity contribution in [2.75, 3.05) is 6.61 Å². The largest absolute Gasteiger partial charge is 0.465 e. The summed E-state index contributed by atoms with van der Waals surface area (Å²) in [6, 6.07) is 0.953. The number of carbonyl (C=O) groups excluding carboxylic acids is 2. The van der Waals surface area contributed by atoms with Crippen LogP contribution in [0.3, 0.4) is 0 Å². The molecule has 1 atom stereocenters. The lowest BCUT2D eigenvalue weighted by Gasteiger charge is -2.12. The molecule has 0 aliphatic heterocycles. The number of hydrogen-bond acceptors (Lipinski definition) is 4. The van der Waals surface area contributed by atoms with Crippen LogP contribution in [0.2, 0.25) is 0 Å². The molecule has 0 aliphatic carbocycles. The standard InChI is InChI=1S/C11H12N2O3/c1-3-6-16-11-4-5-12-13(11)10(8-14)7-9(2)15/h1,4-5,8,10H,6-7H2,2H3. The Morgan fingerprint density at radius 3 is 3.12 bits per heavy atom. The quantitative estimate of drug-likeness (QED) is 0.520. The van der Waals surface area contributed by atoms with Crippen molar-refractivity contribution in [1.82, 2.24) is 9.78 Å². The Bertz CT molecular complexity index is 417. The first-order valence-electron chi connectivity index (χ1n) is 4.73. The lowest BCUT2D eigenvalue weighted by molar-refractivity contribution is -0.121. The topological polar surface area (TPSA) is 61.2 Å².